The van der Waals surface area contributed by atoms with Crippen molar-refractivity contribution in [3.8, 4) is 5.75 Å². The summed E-state index contributed by atoms with van der Waals surface area (Å²) in [4.78, 5) is 14.5. The molecular formula is C9H8N2O4. The number of phenols is 1. The van der Waals surface area contributed by atoms with Crippen molar-refractivity contribution >= 4 is 17.1 Å². The number of hydrogen-bond donors (Lipinski definition) is 3. The highest BCUT2D eigenvalue weighted by Crippen LogP contribution is 2.31. The average molecular weight is 208 g/mol. The van der Waals surface area contributed by atoms with Gasteiger partial charge in [-0.25, -0.2) is 4.98 Å². The van der Waals surface area contributed by atoms with E-state index in [-0.39, 0.29) is 16.9 Å². The van der Waals surface area contributed by atoms with Crippen LogP contribution in [0, 0.1) is 0 Å². The van der Waals surface area contributed by atoms with Crippen molar-refractivity contribution in [2.45, 2.75) is 6.04 Å². The van der Waals surface area contributed by atoms with Gasteiger partial charge in [-0.3, -0.25) is 4.79 Å². The number of fused-ring (bicyclic) bond motifs is 1. The molecule has 2 rings (SSSR count). The number of aliphatic carboxylic acids is 1. The van der Waals surface area contributed by atoms with Crippen LogP contribution in [0.4, 0.5) is 0 Å². The number of aromatic hydroxyl groups is 1. The number of carbonyl (C=O) groups is 1. The summed E-state index contributed by atoms with van der Waals surface area (Å²) in [5.41, 5.74) is 6.08. The number of oxazole rings is 1. The Bertz CT molecular complexity index is 520. The molecule has 0 aliphatic carbocycles. The lowest BCUT2D eigenvalue weighted by Gasteiger charge is -2.08. The molecule has 0 saturated carbocycles. The van der Waals surface area contributed by atoms with Crippen molar-refractivity contribution in [3.63, 3.8) is 0 Å². The highest BCUT2D eigenvalue weighted by Gasteiger charge is 2.20. The minimum absolute atomic E-state index is 0.103. The largest absolute Gasteiger partial charge is 0.504 e. The second-order valence-electron chi connectivity index (χ2n) is 3.02. The van der Waals surface area contributed by atoms with Crippen LogP contribution in [0.2, 0.25) is 0 Å². The molecule has 0 amide bonds. The van der Waals surface area contributed by atoms with Gasteiger partial charge in [0.05, 0.1) is 0 Å². The molecule has 1 aromatic heterocycles. The van der Waals surface area contributed by atoms with Crippen LogP contribution < -0.4 is 5.73 Å². The quantitative estimate of drug-likeness (QED) is 0.667. The van der Waals surface area contributed by atoms with Crippen LogP contribution in [0.3, 0.4) is 0 Å². The third kappa shape index (κ3) is 1.40. The number of nitrogens with two attached hydrogens (primary N) is 1. The lowest BCUT2D eigenvalue weighted by molar-refractivity contribution is -0.138. The molecule has 0 saturated heterocycles. The molecule has 0 bridgehead atoms. The summed E-state index contributed by atoms with van der Waals surface area (Å²) < 4.78 is 4.91. The molecule has 1 unspecified atom stereocenters. The number of aromatic nitrogens is 1. The van der Waals surface area contributed by atoms with Crippen LogP contribution in [-0.4, -0.2) is 21.2 Å². The van der Waals surface area contributed by atoms with E-state index in [2.05, 4.69) is 4.98 Å². The molecule has 78 valence electrons. The molecule has 15 heavy (non-hydrogen) atoms. The van der Waals surface area contributed by atoms with E-state index in [1.54, 1.807) is 0 Å². The van der Waals surface area contributed by atoms with Gasteiger partial charge in [-0.15, -0.1) is 0 Å². The number of carboxylic acids is 1. The Morgan fingerprint density at radius 2 is 2.27 bits per heavy atom. The Labute approximate surface area is 83.9 Å². The molecule has 0 radical (unpaired) electrons. The zero-order valence-corrected chi connectivity index (χ0v) is 7.54. The van der Waals surface area contributed by atoms with Gasteiger partial charge < -0.3 is 20.4 Å². The van der Waals surface area contributed by atoms with Gasteiger partial charge in [0.25, 0.3) is 0 Å². The Hall–Kier alpha value is -2.08. The van der Waals surface area contributed by atoms with Gasteiger partial charge in [-0.2, -0.15) is 0 Å². The van der Waals surface area contributed by atoms with Gasteiger partial charge in [-0.1, -0.05) is 6.07 Å². The van der Waals surface area contributed by atoms with E-state index in [4.69, 9.17) is 15.3 Å². The molecule has 0 aliphatic rings. The summed E-state index contributed by atoms with van der Waals surface area (Å²) in [6.07, 6.45) is 1.17. The maximum Gasteiger partial charge on any atom is 0.325 e. The van der Waals surface area contributed by atoms with E-state index in [0.29, 0.717) is 5.52 Å². The van der Waals surface area contributed by atoms with Crippen molar-refractivity contribution < 1.29 is 19.4 Å². The van der Waals surface area contributed by atoms with Crippen LogP contribution in [0.25, 0.3) is 11.1 Å². The fourth-order valence-electron chi connectivity index (χ4n) is 1.31. The maximum atomic E-state index is 10.6. The van der Waals surface area contributed by atoms with Gasteiger partial charge in [0.15, 0.2) is 17.7 Å². The summed E-state index contributed by atoms with van der Waals surface area (Å²) in [5.74, 6) is -1.50. The smallest absolute Gasteiger partial charge is 0.325 e. The maximum absolute atomic E-state index is 10.6. The van der Waals surface area contributed by atoms with E-state index < -0.39 is 12.0 Å². The predicted octanol–water partition coefficient (Wildman–Crippen LogP) is 0.618. The van der Waals surface area contributed by atoms with Gasteiger partial charge in [0.1, 0.15) is 11.6 Å². The Balaban J connectivity index is 2.62. The van der Waals surface area contributed by atoms with Crippen molar-refractivity contribution in [2.24, 2.45) is 5.73 Å². The topological polar surface area (TPSA) is 110 Å². The van der Waals surface area contributed by atoms with E-state index in [9.17, 15) is 9.90 Å². The van der Waals surface area contributed by atoms with Crippen molar-refractivity contribution in [1.82, 2.24) is 4.98 Å². The number of phenolic OH excluding ortho intramolecular Hbond substituents is 1. The normalized spacial score (nSPS) is 12.9. The van der Waals surface area contributed by atoms with Crippen molar-refractivity contribution in [3.05, 3.63) is 24.1 Å². The van der Waals surface area contributed by atoms with E-state index in [1.165, 1.54) is 18.5 Å². The standard InChI is InChI=1S/C9H8N2O4/c10-6(9(13)14)4-1-2-5-8(7(4)12)15-3-11-5/h1-3,6,12H,10H2,(H,13,14). The van der Waals surface area contributed by atoms with Crippen LogP contribution in [-0.2, 0) is 4.79 Å². The predicted molar refractivity (Wildman–Crippen MR) is 50.2 cm³/mol. The zero-order valence-electron chi connectivity index (χ0n) is 7.54. The van der Waals surface area contributed by atoms with Crippen molar-refractivity contribution in [2.75, 3.05) is 0 Å². The second kappa shape index (κ2) is 3.25. The molecular weight excluding hydrogens is 200 g/mol. The Morgan fingerprint density at radius 3 is 2.93 bits per heavy atom. The molecule has 4 N–H and O–H groups in total. The van der Waals surface area contributed by atoms with E-state index in [1.807, 2.05) is 0 Å². The molecule has 6 heteroatoms. The van der Waals surface area contributed by atoms with Gasteiger partial charge in [-0.05, 0) is 6.07 Å². The molecule has 1 heterocycles. The first-order chi connectivity index (χ1) is 7.11. The number of benzene rings is 1. The fraction of sp³-hybridized carbons (Fsp3) is 0.111. The number of hydrogen-bond acceptors (Lipinski definition) is 5. The summed E-state index contributed by atoms with van der Waals surface area (Å²) in [6.45, 7) is 0. The monoisotopic (exact) mass is 208 g/mol. The molecule has 6 nitrogen and oxygen atoms in total. The third-order valence-electron chi connectivity index (χ3n) is 2.11. The van der Waals surface area contributed by atoms with Crippen LogP contribution in [0.1, 0.15) is 11.6 Å². The number of nitrogens with zero attached hydrogens (tertiary/aromatic N) is 1. The first kappa shape index (κ1) is 9.47. The molecule has 1 aromatic carbocycles. The van der Waals surface area contributed by atoms with Gasteiger partial charge in [0, 0.05) is 5.56 Å². The molecule has 0 aliphatic heterocycles. The third-order valence-corrected chi connectivity index (χ3v) is 2.11. The van der Waals surface area contributed by atoms with Gasteiger partial charge in [0.2, 0.25) is 0 Å². The summed E-state index contributed by atoms with van der Waals surface area (Å²) >= 11 is 0. The van der Waals surface area contributed by atoms with E-state index >= 15 is 0 Å². The second-order valence-corrected chi connectivity index (χ2v) is 3.02. The molecule has 1 atom stereocenters. The molecule has 0 fully saturated rings. The number of rotatable bonds is 2. The highest BCUT2D eigenvalue weighted by molar-refractivity contribution is 5.84. The first-order valence-electron chi connectivity index (χ1n) is 4.14. The molecule has 0 spiro atoms. The zero-order chi connectivity index (χ0) is 11.0. The minimum Gasteiger partial charge on any atom is -0.504 e. The summed E-state index contributed by atoms with van der Waals surface area (Å²) in [7, 11) is 0. The van der Waals surface area contributed by atoms with Crippen LogP contribution in [0.15, 0.2) is 22.9 Å². The fourth-order valence-corrected chi connectivity index (χ4v) is 1.31. The van der Waals surface area contributed by atoms with Gasteiger partial charge >= 0.3 is 5.97 Å². The summed E-state index contributed by atoms with van der Waals surface area (Å²) in [6, 6.07) is 1.68. The van der Waals surface area contributed by atoms with Crippen LogP contribution in [0.5, 0.6) is 5.75 Å². The Morgan fingerprint density at radius 1 is 1.53 bits per heavy atom. The lowest BCUT2D eigenvalue weighted by atomic mass is 10.1. The van der Waals surface area contributed by atoms with Crippen molar-refractivity contribution in [1.29, 1.82) is 0 Å². The van der Waals surface area contributed by atoms with E-state index in [0.717, 1.165) is 0 Å². The first-order valence-corrected chi connectivity index (χ1v) is 4.14. The average Bonchev–Trinajstić information content (AvgIpc) is 2.66. The van der Waals surface area contributed by atoms with Crippen LogP contribution >= 0.6 is 0 Å². The molecule has 2 aromatic rings. The highest BCUT2D eigenvalue weighted by atomic mass is 16.4. The Kier molecular flexibility index (Phi) is 2.05. The summed E-state index contributed by atoms with van der Waals surface area (Å²) in [5, 5.41) is 18.4. The SMILES string of the molecule is NC(C(=O)O)c1ccc2ncoc2c1O. The lowest BCUT2D eigenvalue weighted by Crippen LogP contribution is -2.20. The minimum atomic E-state index is -1.28. The number of carboxylic acid groups (broad SMARTS) is 1.